The molecule has 7 heteroatoms. The zero-order chi connectivity index (χ0) is 18.8. The van der Waals surface area contributed by atoms with Gasteiger partial charge in [0.15, 0.2) is 5.82 Å². The Bertz CT molecular complexity index is 964. The Kier molecular flexibility index (Phi) is 4.92. The number of nitrogens with two attached hydrogens (primary N) is 1. The molecule has 0 fully saturated rings. The number of ether oxygens (including phenoxy) is 1. The number of aromatic nitrogens is 3. The highest BCUT2D eigenvalue weighted by molar-refractivity contribution is 6.31. The molecule has 27 heavy (non-hydrogen) atoms. The first kappa shape index (κ1) is 17.7. The van der Waals surface area contributed by atoms with Crippen molar-refractivity contribution in [1.82, 2.24) is 19.9 Å². The van der Waals surface area contributed by atoms with Crippen LogP contribution in [0.15, 0.2) is 42.9 Å². The van der Waals surface area contributed by atoms with Crippen molar-refractivity contribution in [2.75, 3.05) is 19.3 Å². The number of likely N-dealkylation sites (N-methyl/N-ethyl adjacent to an activating group) is 1. The van der Waals surface area contributed by atoms with Crippen LogP contribution in [0.3, 0.4) is 0 Å². The minimum absolute atomic E-state index is 0.261. The van der Waals surface area contributed by atoms with Gasteiger partial charge >= 0.3 is 0 Å². The minimum atomic E-state index is 0.261. The topological polar surface area (TPSA) is 77.2 Å². The van der Waals surface area contributed by atoms with E-state index in [2.05, 4.69) is 33.0 Å². The average molecular weight is 382 g/mol. The van der Waals surface area contributed by atoms with Crippen LogP contribution < -0.4 is 10.5 Å². The molecule has 138 valence electrons. The summed E-state index contributed by atoms with van der Waals surface area (Å²) in [5.41, 5.74) is 11.0. The first-order valence-electron chi connectivity index (χ1n) is 8.74. The van der Waals surface area contributed by atoms with Crippen molar-refractivity contribution < 1.29 is 4.74 Å². The molecule has 0 saturated carbocycles. The van der Waals surface area contributed by atoms with Gasteiger partial charge in [-0.2, -0.15) is 0 Å². The third kappa shape index (κ3) is 3.86. The van der Waals surface area contributed by atoms with E-state index in [1.165, 1.54) is 11.1 Å². The monoisotopic (exact) mass is 381 g/mol. The van der Waals surface area contributed by atoms with Gasteiger partial charge in [-0.3, -0.25) is 4.98 Å². The number of nitrogen functional groups attached to an aromatic ring is 1. The lowest BCUT2D eigenvalue weighted by Gasteiger charge is -2.26. The van der Waals surface area contributed by atoms with E-state index in [1.54, 1.807) is 18.6 Å². The maximum absolute atomic E-state index is 6.53. The van der Waals surface area contributed by atoms with Crippen LogP contribution >= 0.6 is 11.6 Å². The zero-order valence-corrected chi connectivity index (χ0v) is 15.8. The predicted molar refractivity (Wildman–Crippen MR) is 105 cm³/mol. The highest BCUT2D eigenvalue weighted by Gasteiger charge is 2.18. The normalized spacial score (nSPS) is 14.0. The maximum Gasteiger partial charge on any atom is 0.258 e. The van der Waals surface area contributed by atoms with Crippen molar-refractivity contribution in [1.29, 1.82) is 0 Å². The summed E-state index contributed by atoms with van der Waals surface area (Å²) in [6.07, 6.45) is 6.05. The molecule has 3 heterocycles. The fourth-order valence-electron chi connectivity index (χ4n) is 3.19. The molecule has 0 spiro atoms. The molecule has 0 amide bonds. The maximum atomic E-state index is 6.53. The second-order valence-electron chi connectivity index (χ2n) is 6.67. The Labute approximate surface area is 163 Å². The number of benzene rings is 1. The lowest BCUT2D eigenvalue weighted by atomic mass is 9.96. The van der Waals surface area contributed by atoms with Gasteiger partial charge in [-0.1, -0.05) is 11.6 Å². The molecule has 0 unspecified atom stereocenters. The molecule has 2 aromatic heterocycles. The van der Waals surface area contributed by atoms with E-state index in [9.17, 15) is 0 Å². The highest BCUT2D eigenvalue weighted by Crippen LogP contribution is 2.32. The highest BCUT2D eigenvalue weighted by atomic mass is 35.5. The smallest absolute Gasteiger partial charge is 0.258 e. The van der Waals surface area contributed by atoms with Crippen LogP contribution in [0.2, 0.25) is 5.02 Å². The molecule has 6 nitrogen and oxygen atoms in total. The SMILES string of the molecule is CN1CCc2c(Cl)cc(-c3cnc(N)c(OCc4ccncc4)n3)cc2C1. The van der Waals surface area contributed by atoms with Crippen LogP contribution in [-0.2, 0) is 19.6 Å². The van der Waals surface area contributed by atoms with Crippen LogP contribution in [0.5, 0.6) is 5.88 Å². The van der Waals surface area contributed by atoms with Crippen molar-refractivity contribution in [3.8, 4) is 17.1 Å². The Morgan fingerprint density at radius 2 is 2.07 bits per heavy atom. The average Bonchev–Trinajstić information content (AvgIpc) is 2.67. The van der Waals surface area contributed by atoms with Crippen LogP contribution in [0.1, 0.15) is 16.7 Å². The molecule has 1 aromatic carbocycles. The van der Waals surface area contributed by atoms with Gasteiger partial charge in [-0.25, -0.2) is 9.97 Å². The molecule has 2 N–H and O–H groups in total. The second-order valence-corrected chi connectivity index (χ2v) is 7.08. The number of fused-ring (bicyclic) bond motifs is 1. The number of hydrogen-bond acceptors (Lipinski definition) is 6. The van der Waals surface area contributed by atoms with Gasteiger partial charge in [-0.15, -0.1) is 0 Å². The third-order valence-electron chi connectivity index (χ3n) is 4.66. The van der Waals surface area contributed by atoms with Gasteiger partial charge < -0.3 is 15.4 Å². The fourth-order valence-corrected chi connectivity index (χ4v) is 3.53. The summed E-state index contributed by atoms with van der Waals surface area (Å²) in [6.45, 7) is 2.23. The van der Waals surface area contributed by atoms with Gasteiger partial charge in [0.1, 0.15) is 6.61 Å². The largest absolute Gasteiger partial charge is 0.470 e. The van der Waals surface area contributed by atoms with Crippen molar-refractivity contribution in [2.24, 2.45) is 0 Å². The van der Waals surface area contributed by atoms with E-state index in [-0.39, 0.29) is 5.82 Å². The van der Waals surface area contributed by atoms with E-state index >= 15 is 0 Å². The molecular weight excluding hydrogens is 362 g/mol. The molecule has 0 radical (unpaired) electrons. The Balaban J connectivity index is 1.63. The quantitative estimate of drug-likeness (QED) is 0.746. The van der Waals surface area contributed by atoms with Crippen molar-refractivity contribution >= 4 is 17.4 Å². The Morgan fingerprint density at radius 3 is 2.89 bits per heavy atom. The summed E-state index contributed by atoms with van der Waals surface area (Å²) >= 11 is 6.53. The molecule has 0 saturated heterocycles. The van der Waals surface area contributed by atoms with Crippen LogP contribution in [0.4, 0.5) is 5.82 Å². The lowest BCUT2D eigenvalue weighted by Crippen LogP contribution is -2.26. The van der Waals surface area contributed by atoms with Gasteiger partial charge in [0.25, 0.3) is 5.88 Å². The first-order valence-corrected chi connectivity index (χ1v) is 9.12. The number of anilines is 1. The Hall–Kier alpha value is -2.70. The summed E-state index contributed by atoms with van der Waals surface area (Å²) in [5, 5.41) is 0.772. The first-order chi connectivity index (χ1) is 13.1. The van der Waals surface area contributed by atoms with Gasteiger partial charge in [0.05, 0.1) is 11.9 Å². The molecule has 0 aliphatic carbocycles. The lowest BCUT2D eigenvalue weighted by molar-refractivity contribution is 0.295. The molecule has 3 aromatic rings. The molecule has 1 aliphatic rings. The summed E-state index contributed by atoms with van der Waals surface area (Å²) in [5.74, 6) is 0.576. The number of hydrogen-bond donors (Lipinski definition) is 1. The van der Waals surface area contributed by atoms with E-state index < -0.39 is 0 Å². The summed E-state index contributed by atoms with van der Waals surface area (Å²) < 4.78 is 5.78. The van der Waals surface area contributed by atoms with Crippen LogP contribution in [0.25, 0.3) is 11.3 Å². The second kappa shape index (κ2) is 7.50. The van der Waals surface area contributed by atoms with Crippen LogP contribution in [-0.4, -0.2) is 33.4 Å². The van der Waals surface area contributed by atoms with Crippen molar-refractivity contribution in [3.05, 3.63) is 64.6 Å². The molecule has 0 bridgehead atoms. The standard InChI is InChI=1S/C20H20ClN5O/c1-26-7-4-16-15(11-26)8-14(9-17(16)21)18-10-24-19(22)20(25-18)27-12-13-2-5-23-6-3-13/h2-3,5-6,8-10H,4,7,11-12H2,1H3,(H2,22,24). The Morgan fingerprint density at radius 1 is 1.26 bits per heavy atom. The molecule has 4 rings (SSSR count). The fraction of sp³-hybridized carbons (Fsp3) is 0.250. The number of pyridine rings is 1. The van der Waals surface area contributed by atoms with Crippen LogP contribution in [0, 0.1) is 0 Å². The summed E-state index contributed by atoms with van der Waals surface area (Å²) in [7, 11) is 2.11. The van der Waals surface area contributed by atoms with Crippen molar-refractivity contribution in [3.63, 3.8) is 0 Å². The molecular formula is C20H20ClN5O. The predicted octanol–water partition coefficient (Wildman–Crippen LogP) is 3.34. The van der Waals surface area contributed by atoms with E-state index in [0.717, 1.165) is 35.7 Å². The summed E-state index contributed by atoms with van der Waals surface area (Å²) in [6, 6.07) is 7.84. The van der Waals surface area contributed by atoms with E-state index in [1.807, 2.05) is 18.2 Å². The van der Waals surface area contributed by atoms with Gasteiger partial charge in [0, 0.05) is 36.1 Å². The molecule has 0 atom stereocenters. The zero-order valence-electron chi connectivity index (χ0n) is 15.0. The summed E-state index contributed by atoms with van der Waals surface area (Å²) in [4.78, 5) is 15.1. The third-order valence-corrected chi connectivity index (χ3v) is 5.00. The van der Waals surface area contributed by atoms with E-state index in [0.29, 0.717) is 18.2 Å². The number of rotatable bonds is 4. The van der Waals surface area contributed by atoms with E-state index in [4.69, 9.17) is 22.1 Å². The number of halogens is 1. The van der Waals surface area contributed by atoms with Crippen molar-refractivity contribution in [2.45, 2.75) is 19.6 Å². The number of nitrogens with zero attached hydrogens (tertiary/aromatic N) is 4. The molecule has 1 aliphatic heterocycles. The minimum Gasteiger partial charge on any atom is -0.470 e. The van der Waals surface area contributed by atoms with Gasteiger partial charge in [-0.05, 0) is 54.4 Å². The van der Waals surface area contributed by atoms with Gasteiger partial charge in [0.2, 0.25) is 0 Å².